The number of thiophene rings is 1. The van der Waals surface area contributed by atoms with Crippen LogP contribution in [-0.4, -0.2) is 15.0 Å². The molecule has 2 heterocycles. The first-order valence-electron chi connectivity index (χ1n) is 23.2. The highest BCUT2D eigenvalue weighted by Crippen LogP contribution is 2.63. The summed E-state index contributed by atoms with van der Waals surface area (Å²) in [4.78, 5) is 16.0. The number of hydrogen-bond acceptors (Lipinski definition) is 4. The Labute approximate surface area is 398 Å². The molecule has 0 radical (unpaired) electrons. The van der Waals surface area contributed by atoms with E-state index in [1.165, 1.54) is 81.4 Å². The predicted octanol–water partition coefficient (Wildman–Crippen LogP) is 16.6. The lowest BCUT2D eigenvalue weighted by Crippen LogP contribution is -2.25. The van der Waals surface area contributed by atoms with Gasteiger partial charge >= 0.3 is 0 Å². The molecule has 3 nitrogen and oxygen atoms in total. The van der Waals surface area contributed by atoms with Crippen molar-refractivity contribution in [3.05, 3.63) is 259 Å². The summed E-state index contributed by atoms with van der Waals surface area (Å²) in [6.07, 6.45) is 0. The van der Waals surface area contributed by atoms with Gasteiger partial charge in [0.1, 0.15) is 0 Å². The third kappa shape index (κ3) is 5.81. The Morgan fingerprint density at radius 3 is 1.31 bits per heavy atom. The van der Waals surface area contributed by atoms with Gasteiger partial charge in [-0.05, 0) is 84.0 Å². The van der Waals surface area contributed by atoms with Crippen LogP contribution < -0.4 is 0 Å². The predicted molar refractivity (Wildman–Crippen MR) is 282 cm³/mol. The zero-order valence-corrected chi connectivity index (χ0v) is 37.6. The van der Waals surface area contributed by atoms with Crippen molar-refractivity contribution in [3.8, 4) is 89.8 Å². The molecule has 4 heteroatoms. The van der Waals surface area contributed by atoms with Crippen molar-refractivity contribution >= 4 is 31.5 Å². The molecular weight excluding hydrogens is 843 g/mol. The van der Waals surface area contributed by atoms with Gasteiger partial charge in [0.05, 0.1) is 5.41 Å². The molecule has 0 amide bonds. The van der Waals surface area contributed by atoms with E-state index < -0.39 is 5.41 Å². The van der Waals surface area contributed by atoms with Crippen LogP contribution >= 0.6 is 11.3 Å². The van der Waals surface area contributed by atoms with Crippen LogP contribution in [0.5, 0.6) is 0 Å². The molecule has 14 rings (SSSR count). The van der Waals surface area contributed by atoms with E-state index in [4.69, 9.17) is 15.0 Å². The Morgan fingerprint density at radius 1 is 0.265 bits per heavy atom. The fourth-order valence-electron chi connectivity index (χ4n) is 11.2. The largest absolute Gasteiger partial charge is 0.208 e. The van der Waals surface area contributed by atoms with Crippen molar-refractivity contribution in [1.82, 2.24) is 15.0 Å². The maximum atomic E-state index is 5.39. The second kappa shape index (κ2) is 15.2. The molecule has 0 saturated heterocycles. The summed E-state index contributed by atoms with van der Waals surface area (Å²) in [6, 6.07) is 85.5. The van der Waals surface area contributed by atoms with Crippen LogP contribution in [0.4, 0.5) is 0 Å². The topological polar surface area (TPSA) is 38.7 Å². The fourth-order valence-corrected chi connectivity index (χ4v) is 12.4. The van der Waals surface area contributed by atoms with Crippen LogP contribution in [0.2, 0.25) is 0 Å². The maximum Gasteiger partial charge on any atom is 0.164 e. The van der Waals surface area contributed by atoms with Gasteiger partial charge in [0.15, 0.2) is 17.5 Å². The first-order valence-corrected chi connectivity index (χ1v) is 24.0. The smallest absolute Gasteiger partial charge is 0.164 e. The van der Waals surface area contributed by atoms with Gasteiger partial charge in [-0.3, -0.25) is 0 Å². The third-order valence-corrected chi connectivity index (χ3v) is 15.4. The number of hydrogen-bond donors (Lipinski definition) is 0. The van der Waals surface area contributed by atoms with Crippen molar-refractivity contribution in [2.75, 3.05) is 0 Å². The molecular formula is C64H39N3S. The first kappa shape index (κ1) is 38.7. The maximum absolute atomic E-state index is 5.39. The summed E-state index contributed by atoms with van der Waals surface area (Å²) in [7, 11) is 0. The number of benzene rings is 10. The monoisotopic (exact) mass is 881 g/mol. The lowest BCUT2D eigenvalue weighted by molar-refractivity contribution is 0.794. The SMILES string of the molecule is c1ccc(-c2ccc(-c3nc(-c4ccc(-c5ccc(-c6cccc7c6sc6ccccc67)cc5)cc4)nc(-c4cccc5c4-c4ccccc4C54c5ccccc5-c5ccccc54)n3)cc2)cc1. The van der Waals surface area contributed by atoms with E-state index in [2.05, 4.69) is 231 Å². The molecule has 0 fully saturated rings. The van der Waals surface area contributed by atoms with Crippen molar-refractivity contribution in [1.29, 1.82) is 0 Å². The van der Waals surface area contributed by atoms with E-state index in [-0.39, 0.29) is 0 Å². The fraction of sp³-hybridized carbons (Fsp3) is 0.0156. The summed E-state index contributed by atoms with van der Waals surface area (Å²) in [6.45, 7) is 0. The minimum atomic E-state index is -0.471. The highest BCUT2D eigenvalue weighted by atomic mass is 32.1. The summed E-state index contributed by atoms with van der Waals surface area (Å²) in [5.41, 5.74) is 19.5. The molecule has 68 heavy (non-hydrogen) atoms. The van der Waals surface area contributed by atoms with E-state index >= 15 is 0 Å². The van der Waals surface area contributed by atoms with E-state index in [1.807, 2.05) is 17.4 Å². The van der Waals surface area contributed by atoms with Gasteiger partial charge in [-0.25, -0.2) is 15.0 Å². The summed E-state index contributed by atoms with van der Waals surface area (Å²) in [5, 5.41) is 2.63. The Bertz CT molecular complexity index is 3900. The standard InChI is InChI=1S/C64H39N3S/c1-2-14-40(15-3-1)41-30-36-45(37-31-41)61-65-62(46-38-32-43(33-39-46)42-28-34-44(35-29-42)47-20-12-21-51-50-18-7-11-27-58(50)68-60(47)51)67-63(66-61)53-22-13-26-57-59(53)52-19-6-10-25-56(52)64(57)54-23-8-4-16-48(54)49-17-5-9-24-55(49)64/h1-39H. The van der Waals surface area contributed by atoms with E-state index in [0.29, 0.717) is 17.5 Å². The minimum Gasteiger partial charge on any atom is -0.208 e. The lowest BCUT2D eigenvalue weighted by atomic mass is 9.70. The van der Waals surface area contributed by atoms with Crippen molar-refractivity contribution in [2.45, 2.75) is 5.41 Å². The average Bonchev–Trinajstić information content (AvgIpc) is 4.06. The highest BCUT2D eigenvalue weighted by Gasteiger charge is 2.52. The molecule has 0 N–H and O–H groups in total. The molecule has 2 aromatic heterocycles. The zero-order valence-electron chi connectivity index (χ0n) is 36.8. The van der Waals surface area contributed by atoms with Crippen molar-refractivity contribution < 1.29 is 0 Å². The van der Waals surface area contributed by atoms with Gasteiger partial charge in [-0.15, -0.1) is 11.3 Å². The van der Waals surface area contributed by atoms with Crippen LogP contribution in [0.15, 0.2) is 237 Å². The molecule has 0 aliphatic heterocycles. The Hall–Kier alpha value is -8.57. The lowest BCUT2D eigenvalue weighted by Gasteiger charge is -2.30. The Kier molecular flexibility index (Phi) is 8.67. The molecule has 2 aliphatic rings. The average molecular weight is 882 g/mol. The molecule has 0 atom stereocenters. The quantitative estimate of drug-likeness (QED) is 0.167. The van der Waals surface area contributed by atoms with Crippen LogP contribution in [0.1, 0.15) is 22.3 Å². The number of fused-ring (bicyclic) bond motifs is 13. The molecule has 316 valence electrons. The van der Waals surface area contributed by atoms with E-state index in [1.54, 1.807) is 0 Å². The molecule has 0 saturated carbocycles. The van der Waals surface area contributed by atoms with Crippen LogP contribution in [0.25, 0.3) is 110 Å². The number of rotatable bonds is 6. The van der Waals surface area contributed by atoms with Gasteiger partial charge in [0.25, 0.3) is 0 Å². The summed E-state index contributed by atoms with van der Waals surface area (Å²) in [5.74, 6) is 1.91. The van der Waals surface area contributed by atoms with Gasteiger partial charge in [-0.2, -0.15) is 0 Å². The highest BCUT2D eigenvalue weighted by molar-refractivity contribution is 7.26. The van der Waals surface area contributed by atoms with E-state index in [0.717, 1.165) is 33.4 Å². The van der Waals surface area contributed by atoms with Gasteiger partial charge < -0.3 is 0 Å². The normalized spacial score (nSPS) is 12.8. The van der Waals surface area contributed by atoms with Crippen molar-refractivity contribution in [2.24, 2.45) is 0 Å². The minimum absolute atomic E-state index is 0.471. The second-order valence-electron chi connectivity index (χ2n) is 17.8. The zero-order chi connectivity index (χ0) is 44.8. The van der Waals surface area contributed by atoms with Gasteiger partial charge in [-0.1, -0.05) is 231 Å². The van der Waals surface area contributed by atoms with Gasteiger partial charge in [0.2, 0.25) is 0 Å². The van der Waals surface area contributed by atoms with Crippen molar-refractivity contribution in [3.63, 3.8) is 0 Å². The van der Waals surface area contributed by atoms with Gasteiger partial charge in [0, 0.05) is 36.9 Å². The molecule has 10 aromatic carbocycles. The molecule has 2 aliphatic carbocycles. The number of nitrogens with zero attached hydrogens (tertiary/aromatic N) is 3. The Balaban J connectivity index is 0.890. The second-order valence-corrected chi connectivity index (χ2v) is 18.9. The molecule has 1 spiro atoms. The summed E-state index contributed by atoms with van der Waals surface area (Å²) >= 11 is 1.87. The van der Waals surface area contributed by atoms with E-state index in [9.17, 15) is 0 Å². The molecule has 0 unspecified atom stereocenters. The summed E-state index contributed by atoms with van der Waals surface area (Å²) < 4.78 is 2.64. The third-order valence-electron chi connectivity index (χ3n) is 14.2. The Morgan fingerprint density at radius 2 is 0.676 bits per heavy atom. The van der Waals surface area contributed by atoms with Crippen LogP contribution in [0.3, 0.4) is 0 Å². The molecule has 12 aromatic rings. The molecule has 0 bridgehead atoms. The van der Waals surface area contributed by atoms with Crippen LogP contribution in [-0.2, 0) is 5.41 Å². The first-order chi connectivity index (χ1) is 33.7. The van der Waals surface area contributed by atoms with Crippen LogP contribution in [0, 0.1) is 0 Å². The number of aromatic nitrogens is 3.